The highest BCUT2D eigenvalue weighted by Gasteiger charge is 2.16. The maximum absolute atomic E-state index is 12.2. The summed E-state index contributed by atoms with van der Waals surface area (Å²) in [5.74, 6) is 1.13. The van der Waals surface area contributed by atoms with Crippen LogP contribution in [0.3, 0.4) is 0 Å². The zero-order valence-electron chi connectivity index (χ0n) is 19.3. The molecule has 0 radical (unpaired) electrons. The smallest absolute Gasteiger partial charge is 0.273 e. The van der Waals surface area contributed by atoms with Crippen LogP contribution in [-0.2, 0) is 19.5 Å². The number of carbonyl (C=O) groups excluding carboxylic acids is 1. The molecule has 4 aromatic rings. The highest BCUT2D eigenvalue weighted by atomic mass is 16.5. The van der Waals surface area contributed by atoms with E-state index in [1.807, 2.05) is 32.0 Å². The lowest BCUT2D eigenvalue weighted by molar-refractivity contribution is 0.0938. The Labute approximate surface area is 193 Å². The number of para-hydroxylation sites is 1. The fraction of sp³-hybridized carbons (Fsp3) is 0.308. The zero-order valence-corrected chi connectivity index (χ0v) is 19.3. The molecule has 2 aromatic heterocycles. The number of amides is 1. The molecule has 0 bridgehead atoms. The third-order valence-electron chi connectivity index (χ3n) is 5.50. The number of oxazole rings is 1. The first-order valence-electron chi connectivity index (χ1n) is 11.2. The Hall–Kier alpha value is -3.58. The molecular weight excluding hydrogens is 416 g/mol. The van der Waals surface area contributed by atoms with E-state index < -0.39 is 0 Å². The standard InChI is InChI=1S/C26H30N4O3/c1-18(2)28-26(31)24-17-33-25(29-24)16-30(15-19-8-10-21(32-3)11-9-19)13-12-20-14-27-23-7-5-4-6-22(20)23/h4-11,14,17-18,27H,12-13,15-16H2,1-3H3,(H,28,31). The molecule has 0 saturated carbocycles. The van der Waals surface area contributed by atoms with Gasteiger partial charge in [-0.15, -0.1) is 0 Å². The third-order valence-corrected chi connectivity index (χ3v) is 5.50. The molecule has 2 N–H and O–H groups in total. The molecule has 4 rings (SSSR count). The minimum Gasteiger partial charge on any atom is -0.497 e. The molecule has 0 aliphatic heterocycles. The van der Waals surface area contributed by atoms with Gasteiger partial charge in [0.15, 0.2) is 5.69 Å². The van der Waals surface area contributed by atoms with Crippen molar-refractivity contribution in [1.29, 1.82) is 0 Å². The molecule has 0 spiro atoms. The van der Waals surface area contributed by atoms with Gasteiger partial charge in [0.2, 0.25) is 5.89 Å². The van der Waals surface area contributed by atoms with Crippen molar-refractivity contribution in [3.05, 3.63) is 83.7 Å². The number of nitrogens with one attached hydrogen (secondary N) is 2. The van der Waals surface area contributed by atoms with Crippen molar-refractivity contribution < 1.29 is 13.9 Å². The van der Waals surface area contributed by atoms with E-state index in [0.717, 1.165) is 30.8 Å². The highest BCUT2D eigenvalue weighted by Crippen LogP contribution is 2.20. The van der Waals surface area contributed by atoms with Gasteiger partial charge in [-0.3, -0.25) is 9.69 Å². The monoisotopic (exact) mass is 446 g/mol. The number of rotatable bonds is 10. The lowest BCUT2D eigenvalue weighted by Crippen LogP contribution is -2.30. The Bertz CT molecular complexity index is 1190. The van der Waals surface area contributed by atoms with Gasteiger partial charge >= 0.3 is 0 Å². The van der Waals surface area contributed by atoms with Crippen LogP contribution in [-0.4, -0.2) is 40.5 Å². The Morgan fingerprint density at radius 3 is 2.70 bits per heavy atom. The van der Waals surface area contributed by atoms with E-state index in [-0.39, 0.29) is 11.9 Å². The van der Waals surface area contributed by atoms with Gasteiger partial charge in [-0.1, -0.05) is 30.3 Å². The second-order valence-corrected chi connectivity index (χ2v) is 8.42. The number of aromatic nitrogens is 2. The normalized spacial score (nSPS) is 11.4. The summed E-state index contributed by atoms with van der Waals surface area (Å²) in [5, 5.41) is 4.09. The van der Waals surface area contributed by atoms with Crippen LogP contribution in [0.1, 0.15) is 41.4 Å². The number of fused-ring (bicyclic) bond motifs is 1. The number of aromatic amines is 1. The average molecular weight is 447 g/mol. The number of benzene rings is 2. The Morgan fingerprint density at radius 2 is 1.94 bits per heavy atom. The first kappa shape index (κ1) is 22.6. The first-order valence-corrected chi connectivity index (χ1v) is 11.2. The largest absolute Gasteiger partial charge is 0.497 e. The van der Waals surface area contributed by atoms with E-state index in [4.69, 9.17) is 9.15 Å². The number of H-pyrrole nitrogens is 1. The Morgan fingerprint density at radius 1 is 1.15 bits per heavy atom. The van der Waals surface area contributed by atoms with Crippen molar-refractivity contribution in [2.75, 3.05) is 13.7 Å². The summed E-state index contributed by atoms with van der Waals surface area (Å²) < 4.78 is 10.9. The van der Waals surface area contributed by atoms with Crippen LogP contribution >= 0.6 is 0 Å². The number of nitrogens with zero attached hydrogens (tertiary/aromatic N) is 2. The molecule has 1 amide bonds. The molecule has 0 atom stereocenters. The van der Waals surface area contributed by atoms with E-state index >= 15 is 0 Å². The van der Waals surface area contributed by atoms with Gasteiger partial charge in [0.05, 0.1) is 13.7 Å². The Balaban J connectivity index is 1.49. The van der Waals surface area contributed by atoms with E-state index in [2.05, 4.69) is 56.7 Å². The molecule has 2 aromatic carbocycles. The van der Waals surface area contributed by atoms with Crippen LogP contribution < -0.4 is 10.1 Å². The van der Waals surface area contributed by atoms with Crippen LogP contribution in [0.5, 0.6) is 5.75 Å². The third kappa shape index (κ3) is 5.81. The Kier molecular flexibility index (Phi) is 7.10. The number of methoxy groups -OCH3 is 1. The molecule has 7 heteroatoms. The van der Waals surface area contributed by atoms with Crippen LogP contribution in [0.15, 0.2) is 65.4 Å². The van der Waals surface area contributed by atoms with Gasteiger partial charge < -0.3 is 19.5 Å². The molecule has 0 aliphatic rings. The fourth-order valence-corrected chi connectivity index (χ4v) is 3.84. The molecule has 33 heavy (non-hydrogen) atoms. The van der Waals surface area contributed by atoms with Crippen molar-refractivity contribution in [1.82, 2.24) is 20.2 Å². The quantitative estimate of drug-likeness (QED) is 0.373. The molecule has 7 nitrogen and oxygen atoms in total. The lowest BCUT2D eigenvalue weighted by atomic mass is 10.1. The molecule has 0 fully saturated rings. The predicted octanol–water partition coefficient (Wildman–Crippen LogP) is 4.55. The lowest BCUT2D eigenvalue weighted by Gasteiger charge is -2.21. The van der Waals surface area contributed by atoms with Crippen LogP contribution in [0.2, 0.25) is 0 Å². The van der Waals surface area contributed by atoms with E-state index in [0.29, 0.717) is 18.1 Å². The van der Waals surface area contributed by atoms with E-state index in [9.17, 15) is 4.79 Å². The summed E-state index contributed by atoms with van der Waals surface area (Å²) >= 11 is 0. The van der Waals surface area contributed by atoms with Crippen LogP contribution in [0.25, 0.3) is 10.9 Å². The SMILES string of the molecule is COc1ccc(CN(CCc2c[nH]c3ccccc23)Cc2nc(C(=O)NC(C)C)co2)cc1. The zero-order chi connectivity index (χ0) is 23.2. The average Bonchev–Trinajstić information content (AvgIpc) is 3.45. The van der Waals surface area contributed by atoms with Crippen LogP contribution in [0, 0.1) is 0 Å². The van der Waals surface area contributed by atoms with Gasteiger partial charge in [-0.2, -0.15) is 0 Å². The van der Waals surface area contributed by atoms with Crippen molar-refractivity contribution in [3.63, 3.8) is 0 Å². The number of hydrogen-bond donors (Lipinski definition) is 2. The highest BCUT2D eigenvalue weighted by molar-refractivity contribution is 5.92. The molecule has 0 saturated heterocycles. The summed E-state index contributed by atoms with van der Waals surface area (Å²) in [6.07, 6.45) is 4.38. The summed E-state index contributed by atoms with van der Waals surface area (Å²) in [6, 6.07) is 16.4. The second-order valence-electron chi connectivity index (χ2n) is 8.42. The topological polar surface area (TPSA) is 83.4 Å². The maximum atomic E-state index is 12.2. The first-order chi connectivity index (χ1) is 16.0. The minimum absolute atomic E-state index is 0.0420. The summed E-state index contributed by atoms with van der Waals surface area (Å²) in [5.41, 5.74) is 3.89. The second kappa shape index (κ2) is 10.4. The fourth-order valence-electron chi connectivity index (χ4n) is 3.84. The van der Waals surface area contributed by atoms with Gasteiger partial charge in [-0.25, -0.2) is 4.98 Å². The van der Waals surface area contributed by atoms with E-state index in [1.165, 1.54) is 22.8 Å². The van der Waals surface area contributed by atoms with Gasteiger partial charge in [0.25, 0.3) is 5.91 Å². The summed E-state index contributed by atoms with van der Waals surface area (Å²) in [6.45, 7) is 5.87. The molecule has 0 unspecified atom stereocenters. The molecule has 2 heterocycles. The van der Waals surface area contributed by atoms with Crippen molar-refractivity contribution >= 4 is 16.8 Å². The van der Waals surface area contributed by atoms with Gasteiger partial charge in [0.1, 0.15) is 12.0 Å². The van der Waals surface area contributed by atoms with Crippen molar-refractivity contribution in [2.45, 2.75) is 39.4 Å². The summed E-state index contributed by atoms with van der Waals surface area (Å²) in [4.78, 5) is 22.3. The maximum Gasteiger partial charge on any atom is 0.273 e. The molecule has 172 valence electrons. The van der Waals surface area contributed by atoms with Crippen molar-refractivity contribution in [3.8, 4) is 5.75 Å². The van der Waals surface area contributed by atoms with E-state index in [1.54, 1.807) is 7.11 Å². The number of hydrogen-bond acceptors (Lipinski definition) is 5. The number of ether oxygens (including phenoxy) is 1. The number of carbonyl (C=O) groups is 1. The van der Waals surface area contributed by atoms with Gasteiger partial charge in [-0.05, 0) is 49.6 Å². The van der Waals surface area contributed by atoms with Crippen molar-refractivity contribution in [2.24, 2.45) is 0 Å². The molecular formula is C26H30N4O3. The van der Waals surface area contributed by atoms with Gasteiger partial charge in [0, 0.05) is 36.2 Å². The predicted molar refractivity (Wildman–Crippen MR) is 128 cm³/mol. The molecule has 0 aliphatic carbocycles. The summed E-state index contributed by atoms with van der Waals surface area (Å²) in [7, 11) is 1.66. The minimum atomic E-state index is -0.222. The van der Waals surface area contributed by atoms with Crippen LogP contribution in [0.4, 0.5) is 0 Å².